The second-order valence-corrected chi connectivity index (χ2v) is 4.63. The number of aliphatic imine (C=N–C) groups is 2. The van der Waals surface area contributed by atoms with Crippen LogP contribution in [0.1, 0.15) is 20.8 Å². The Morgan fingerprint density at radius 2 is 2.19 bits per heavy atom. The zero-order chi connectivity index (χ0) is 12.3. The number of carbonyl (C=O) groups excluding carboxylic acids is 1. The summed E-state index contributed by atoms with van der Waals surface area (Å²) in [5.74, 6) is 0.0678. The zero-order valence-corrected chi connectivity index (χ0v) is 11.0. The topological polar surface area (TPSA) is 45.0 Å². The minimum Gasteiger partial charge on any atom is -0.331 e. The normalized spacial score (nSPS) is 17.7. The Morgan fingerprint density at radius 3 is 2.56 bits per heavy atom. The second kappa shape index (κ2) is 5.30. The Balaban J connectivity index is 2.95. The average Bonchev–Trinajstić information content (AvgIpc) is 2.53. The number of thioether (sulfide) groups is 1. The van der Waals surface area contributed by atoms with Crippen LogP contribution in [0.5, 0.6) is 0 Å². The largest absolute Gasteiger partial charge is 0.331 e. The lowest BCUT2D eigenvalue weighted by molar-refractivity contribution is -0.126. The maximum absolute atomic E-state index is 11.9. The molecule has 1 amide bonds. The Labute approximate surface area is 101 Å². The van der Waals surface area contributed by atoms with Crippen LogP contribution in [0.3, 0.4) is 0 Å². The highest BCUT2D eigenvalue weighted by Gasteiger charge is 2.29. The van der Waals surface area contributed by atoms with Crippen LogP contribution < -0.4 is 0 Å². The molecule has 16 heavy (non-hydrogen) atoms. The monoisotopic (exact) mass is 239 g/mol. The quantitative estimate of drug-likeness (QED) is 0.546. The van der Waals surface area contributed by atoms with Crippen LogP contribution in [0.15, 0.2) is 21.3 Å². The smallest absolute Gasteiger partial charge is 0.251 e. The molecule has 0 aromatic carbocycles. The van der Waals surface area contributed by atoms with Gasteiger partial charge in [0, 0.05) is 11.6 Å². The van der Waals surface area contributed by atoms with Crippen molar-refractivity contribution >= 4 is 29.6 Å². The summed E-state index contributed by atoms with van der Waals surface area (Å²) in [6.45, 7) is 9.83. The fraction of sp³-hybridized carbons (Fsp3) is 0.545. The molecule has 4 nitrogen and oxygen atoms in total. The van der Waals surface area contributed by atoms with Crippen molar-refractivity contribution in [2.45, 2.75) is 26.8 Å². The van der Waals surface area contributed by atoms with E-state index in [0.717, 1.165) is 5.70 Å². The third kappa shape index (κ3) is 2.52. The fourth-order valence-corrected chi connectivity index (χ4v) is 1.82. The van der Waals surface area contributed by atoms with E-state index in [9.17, 15) is 4.79 Å². The summed E-state index contributed by atoms with van der Waals surface area (Å²) < 4.78 is 0. The first-order valence-electron chi connectivity index (χ1n) is 5.11. The molecule has 0 N–H and O–H groups in total. The van der Waals surface area contributed by atoms with E-state index in [1.807, 2.05) is 27.0 Å². The van der Waals surface area contributed by atoms with Gasteiger partial charge in [-0.3, -0.25) is 4.79 Å². The predicted octanol–water partition coefficient (Wildman–Crippen LogP) is 1.93. The lowest BCUT2D eigenvalue weighted by atomic mass is 10.3. The van der Waals surface area contributed by atoms with E-state index >= 15 is 0 Å². The maximum Gasteiger partial charge on any atom is 0.251 e. The van der Waals surface area contributed by atoms with Crippen LogP contribution in [-0.2, 0) is 4.79 Å². The molecule has 0 radical (unpaired) electrons. The summed E-state index contributed by atoms with van der Waals surface area (Å²) in [5, 5.41) is 0.604. The van der Waals surface area contributed by atoms with E-state index in [2.05, 4.69) is 16.7 Å². The van der Waals surface area contributed by atoms with E-state index in [1.54, 1.807) is 4.90 Å². The molecule has 1 aliphatic rings. The summed E-state index contributed by atoms with van der Waals surface area (Å²) in [4.78, 5) is 21.8. The number of carbonyl (C=O) groups is 1. The molecule has 0 bridgehead atoms. The van der Waals surface area contributed by atoms with Gasteiger partial charge < -0.3 is 4.90 Å². The summed E-state index contributed by atoms with van der Waals surface area (Å²) >= 11 is 1.43. The zero-order valence-electron chi connectivity index (χ0n) is 10.1. The minimum atomic E-state index is 0.0678. The number of hydrogen-bond donors (Lipinski definition) is 0. The first kappa shape index (κ1) is 13.0. The van der Waals surface area contributed by atoms with Crippen LogP contribution in [-0.4, -0.2) is 41.5 Å². The van der Waals surface area contributed by atoms with Gasteiger partial charge in [0.05, 0.1) is 12.2 Å². The van der Waals surface area contributed by atoms with E-state index in [4.69, 9.17) is 0 Å². The molecule has 0 saturated heterocycles. The highest BCUT2D eigenvalue weighted by Crippen LogP contribution is 2.22. The van der Waals surface area contributed by atoms with Gasteiger partial charge in [0.2, 0.25) is 0 Å². The Kier molecular flexibility index (Phi) is 4.29. The molecular weight excluding hydrogens is 222 g/mol. The second-order valence-electron chi connectivity index (χ2n) is 3.86. The highest BCUT2D eigenvalue weighted by atomic mass is 32.2. The predicted molar refractivity (Wildman–Crippen MR) is 70.0 cm³/mol. The lowest BCUT2D eigenvalue weighted by Crippen LogP contribution is -2.33. The molecule has 0 fully saturated rings. The molecule has 1 aliphatic heterocycles. The molecule has 1 rings (SSSR count). The first-order chi connectivity index (χ1) is 7.51. The van der Waals surface area contributed by atoms with E-state index in [0.29, 0.717) is 17.3 Å². The molecule has 0 aliphatic carbocycles. The highest BCUT2D eigenvalue weighted by molar-refractivity contribution is 8.13. The number of rotatable bonds is 2. The molecule has 0 saturated carbocycles. The van der Waals surface area contributed by atoms with Gasteiger partial charge in [-0.1, -0.05) is 11.8 Å². The Hall–Kier alpha value is -1.10. The van der Waals surface area contributed by atoms with Crippen molar-refractivity contribution < 1.29 is 4.79 Å². The van der Waals surface area contributed by atoms with Crippen LogP contribution in [0.4, 0.5) is 0 Å². The molecule has 0 aromatic heterocycles. The van der Waals surface area contributed by atoms with Gasteiger partial charge >= 0.3 is 0 Å². The van der Waals surface area contributed by atoms with Crippen LogP contribution in [0.25, 0.3) is 0 Å². The van der Waals surface area contributed by atoms with E-state index < -0.39 is 0 Å². The SMILES string of the molecule is C=NC(=NC1=C(C)C(=O)N(C(C)C)C1)SC. The Morgan fingerprint density at radius 1 is 1.56 bits per heavy atom. The number of nitrogens with zero attached hydrogens (tertiary/aromatic N) is 3. The van der Waals surface area contributed by atoms with Crippen molar-refractivity contribution in [2.75, 3.05) is 12.8 Å². The molecule has 0 spiro atoms. The van der Waals surface area contributed by atoms with Gasteiger partial charge in [-0.25, -0.2) is 9.98 Å². The summed E-state index contributed by atoms with van der Waals surface area (Å²) in [6, 6.07) is 0.199. The third-order valence-corrected chi connectivity index (χ3v) is 3.09. The van der Waals surface area contributed by atoms with Crippen LogP contribution >= 0.6 is 11.8 Å². The third-order valence-electron chi connectivity index (χ3n) is 2.51. The molecule has 5 heteroatoms. The summed E-state index contributed by atoms with van der Waals surface area (Å²) in [5.41, 5.74) is 1.51. The minimum absolute atomic E-state index is 0.0678. The molecule has 0 unspecified atom stereocenters. The molecule has 0 atom stereocenters. The maximum atomic E-state index is 11.9. The van der Waals surface area contributed by atoms with Crippen molar-refractivity contribution in [1.29, 1.82) is 0 Å². The van der Waals surface area contributed by atoms with Crippen molar-refractivity contribution in [3.63, 3.8) is 0 Å². The van der Waals surface area contributed by atoms with Gasteiger partial charge in [0.25, 0.3) is 5.91 Å². The van der Waals surface area contributed by atoms with Gasteiger partial charge in [-0.05, 0) is 33.7 Å². The van der Waals surface area contributed by atoms with Crippen LogP contribution in [0.2, 0.25) is 0 Å². The van der Waals surface area contributed by atoms with Crippen molar-refractivity contribution in [3.8, 4) is 0 Å². The summed E-state index contributed by atoms with van der Waals surface area (Å²) in [6.07, 6.45) is 1.89. The van der Waals surface area contributed by atoms with E-state index in [-0.39, 0.29) is 11.9 Å². The van der Waals surface area contributed by atoms with Crippen molar-refractivity contribution in [3.05, 3.63) is 11.3 Å². The van der Waals surface area contributed by atoms with Gasteiger partial charge in [-0.2, -0.15) is 0 Å². The van der Waals surface area contributed by atoms with Crippen molar-refractivity contribution in [2.24, 2.45) is 9.98 Å². The lowest BCUT2D eigenvalue weighted by Gasteiger charge is -2.20. The van der Waals surface area contributed by atoms with Crippen LogP contribution in [0, 0.1) is 0 Å². The number of amides is 1. The number of amidine groups is 1. The molecule has 1 heterocycles. The van der Waals surface area contributed by atoms with Crippen molar-refractivity contribution in [1.82, 2.24) is 4.90 Å². The molecular formula is C11H17N3OS. The van der Waals surface area contributed by atoms with Gasteiger partial charge in [0.1, 0.15) is 0 Å². The van der Waals surface area contributed by atoms with Gasteiger partial charge in [0.15, 0.2) is 5.17 Å². The molecule has 88 valence electrons. The average molecular weight is 239 g/mol. The molecule has 0 aromatic rings. The standard InChI is InChI=1S/C11H17N3OS/c1-7(2)14-6-9(8(3)10(14)15)13-11(12-4)16-5/h7H,4,6H2,1-3,5H3. The first-order valence-corrected chi connectivity index (χ1v) is 6.33. The fourth-order valence-electron chi connectivity index (χ4n) is 1.49. The Bertz CT molecular complexity index is 371. The summed E-state index contributed by atoms with van der Waals surface area (Å²) in [7, 11) is 0. The van der Waals surface area contributed by atoms with E-state index in [1.165, 1.54) is 11.8 Å². The number of hydrogen-bond acceptors (Lipinski definition) is 3. The van der Waals surface area contributed by atoms with Gasteiger partial charge in [-0.15, -0.1) is 0 Å².